The quantitative estimate of drug-likeness (QED) is 0.774. The van der Waals surface area contributed by atoms with Crippen LogP contribution in [0.2, 0.25) is 0 Å². The fourth-order valence-corrected chi connectivity index (χ4v) is 4.09. The van der Waals surface area contributed by atoms with Crippen molar-refractivity contribution in [3.05, 3.63) is 71.8 Å². The summed E-state index contributed by atoms with van der Waals surface area (Å²) in [6.07, 6.45) is 6.26. The monoisotopic (exact) mass is 380 g/mol. The highest BCUT2D eigenvalue weighted by molar-refractivity contribution is 6.03. The normalized spacial score (nSPS) is 19.5. The van der Waals surface area contributed by atoms with E-state index in [1.165, 1.54) is 0 Å². The lowest BCUT2D eigenvalue weighted by Crippen LogP contribution is -2.35. The molecular weight excluding hydrogens is 352 g/mol. The van der Waals surface area contributed by atoms with Gasteiger partial charge in [0.1, 0.15) is 11.2 Å². The maximum absolute atomic E-state index is 11.9. The Balaban J connectivity index is 0.000000161. The number of aliphatic hydroxyl groups is 2. The fourth-order valence-electron chi connectivity index (χ4n) is 4.09. The minimum Gasteiger partial charge on any atom is -0.382 e. The molecule has 4 rings (SSSR count). The highest BCUT2D eigenvalue weighted by atomic mass is 16.3. The van der Waals surface area contributed by atoms with Crippen molar-refractivity contribution in [2.45, 2.75) is 62.6 Å². The van der Waals surface area contributed by atoms with Crippen LogP contribution in [0.4, 0.5) is 0 Å². The molecule has 28 heavy (non-hydrogen) atoms. The summed E-state index contributed by atoms with van der Waals surface area (Å²) in [7, 11) is 0. The Labute approximate surface area is 166 Å². The molecule has 2 aliphatic rings. The maximum Gasteiger partial charge on any atom is 0.194 e. The molecule has 4 heteroatoms. The van der Waals surface area contributed by atoms with Crippen LogP contribution in [0.25, 0.3) is 0 Å². The highest BCUT2D eigenvalue weighted by Crippen LogP contribution is 2.33. The molecule has 2 fully saturated rings. The average molecular weight is 380 g/mol. The van der Waals surface area contributed by atoms with E-state index in [2.05, 4.69) is 0 Å². The molecule has 2 saturated carbocycles. The van der Waals surface area contributed by atoms with Crippen LogP contribution in [-0.4, -0.2) is 33.0 Å². The fraction of sp³-hybridized carbons (Fsp3) is 0.417. The van der Waals surface area contributed by atoms with E-state index in [-0.39, 0.29) is 11.6 Å². The molecule has 0 unspecified atom stereocenters. The van der Waals surface area contributed by atoms with Gasteiger partial charge in [-0.2, -0.15) is 0 Å². The molecule has 0 amide bonds. The molecule has 0 atom stereocenters. The average Bonchev–Trinajstić information content (AvgIpc) is 3.39. The third-order valence-electron chi connectivity index (χ3n) is 5.78. The van der Waals surface area contributed by atoms with Gasteiger partial charge < -0.3 is 10.2 Å². The Bertz CT molecular complexity index is 716. The first kappa shape index (κ1) is 20.4. The predicted octanol–water partition coefficient (Wildman–Crippen LogP) is 4.35. The molecule has 0 aromatic heterocycles. The van der Waals surface area contributed by atoms with E-state index in [1.54, 1.807) is 24.3 Å². The maximum atomic E-state index is 11.9. The summed E-state index contributed by atoms with van der Waals surface area (Å²) < 4.78 is 0. The number of hydrogen-bond donors (Lipinski definition) is 2. The third-order valence-corrected chi connectivity index (χ3v) is 5.78. The molecule has 2 aromatic carbocycles. The second-order valence-corrected chi connectivity index (χ2v) is 7.87. The van der Waals surface area contributed by atoms with E-state index in [4.69, 9.17) is 0 Å². The summed E-state index contributed by atoms with van der Waals surface area (Å²) in [5.74, 6) is -0.230. The van der Waals surface area contributed by atoms with Gasteiger partial charge in [0.15, 0.2) is 11.6 Å². The minimum absolute atomic E-state index is 0.115. The van der Waals surface area contributed by atoms with Crippen molar-refractivity contribution in [3.8, 4) is 0 Å². The van der Waals surface area contributed by atoms with Crippen LogP contribution in [0.15, 0.2) is 60.7 Å². The zero-order chi connectivity index (χ0) is 20.0. The summed E-state index contributed by atoms with van der Waals surface area (Å²) in [5, 5.41) is 20.1. The van der Waals surface area contributed by atoms with Crippen LogP contribution in [0.1, 0.15) is 72.1 Å². The van der Waals surface area contributed by atoms with Crippen molar-refractivity contribution < 1.29 is 19.8 Å². The molecule has 0 radical (unpaired) electrons. The van der Waals surface area contributed by atoms with Crippen molar-refractivity contribution in [1.82, 2.24) is 0 Å². The van der Waals surface area contributed by atoms with Crippen LogP contribution in [-0.2, 0) is 0 Å². The van der Waals surface area contributed by atoms with Crippen LogP contribution < -0.4 is 0 Å². The SMILES string of the molecule is O=C(c1ccccc1)C1(O)CCCC1.O=C(c1ccccc1)C1(O)CCCC1. The Morgan fingerprint density at radius 2 is 0.857 bits per heavy atom. The van der Waals surface area contributed by atoms with Crippen LogP contribution >= 0.6 is 0 Å². The second-order valence-electron chi connectivity index (χ2n) is 7.87. The van der Waals surface area contributed by atoms with Gasteiger partial charge in [-0.05, 0) is 51.4 Å². The summed E-state index contributed by atoms with van der Waals surface area (Å²) >= 11 is 0. The Morgan fingerprint density at radius 1 is 0.571 bits per heavy atom. The number of ketones is 2. The lowest BCUT2D eigenvalue weighted by atomic mass is 9.91. The molecule has 2 aliphatic carbocycles. The zero-order valence-corrected chi connectivity index (χ0v) is 16.1. The number of carbonyl (C=O) groups excluding carboxylic acids is 2. The smallest absolute Gasteiger partial charge is 0.194 e. The number of hydrogen-bond acceptors (Lipinski definition) is 4. The van der Waals surface area contributed by atoms with Crippen molar-refractivity contribution in [2.75, 3.05) is 0 Å². The first-order valence-electron chi connectivity index (χ1n) is 10.1. The summed E-state index contributed by atoms with van der Waals surface area (Å²) in [6, 6.07) is 18.1. The molecule has 0 heterocycles. The predicted molar refractivity (Wildman–Crippen MR) is 108 cm³/mol. The van der Waals surface area contributed by atoms with E-state index >= 15 is 0 Å². The molecule has 0 saturated heterocycles. The van der Waals surface area contributed by atoms with Gasteiger partial charge in [0.05, 0.1) is 0 Å². The number of rotatable bonds is 4. The largest absolute Gasteiger partial charge is 0.382 e. The van der Waals surface area contributed by atoms with Crippen LogP contribution in [0.3, 0.4) is 0 Å². The van der Waals surface area contributed by atoms with Crippen molar-refractivity contribution in [2.24, 2.45) is 0 Å². The van der Waals surface area contributed by atoms with Gasteiger partial charge in [0.25, 0.3) is 0 Å². The van der Waals surface area contributed by atoms with Gasteiger partial charge in [-0.25, -0.2) is 0 Å². The Kier molecular flexibility index (Phi) is 6.42. The Hall–Kier alpha value is -2.30. The summed E-state index contributed by atoms with van der Waals surface area (Å²) in [6.45, 7) is 0. The van der Waals surface area contributed by atoms with Gasteiger partial charge in [0.2, 0.25) is 0 Å². The highest BCUT2D eigenvalue weighted by Gasteiger charge is 2.39. The lowest BCUT2D eigenvalue weighted by Gasteiger charge is -2.20. The summed E-state index contributed by atoms with van der Waals surface area (Å²) in [4.78, 5) is 23.8. The van der Waals surface area contributed by atoms with Crippen molar-refractivity contribution in [1.29, 1.82) is 0 Å². The van der Waals surface area contributed by atoms with Crippen molar-refractivity contribution >= 4 is 11.6 Å². The van der Waals surface area contributed by atoms with Gasteiger partial charge in [0, 0.05) is 11.1 Å². The van der Waals surface area contributed by atoms with Crippen LogP contribution in [0.5, 0.6) is 0 Å². The lowest BCUT2D eigenvalue weighted by molar-refractivity contribution is 0.0352. The number of carbonyl (C=O) groups is 2. The molecule has 0 spiro atoms. The molecule has 2 aromatic rings. The van der Waals surface area contributed by atoms with Crippen LogP contribution in [0, 0.1) is 0 Å². The zero-order valence-electron chi connectivity index (χ0n) is 16.1. The molecular formula is C24H28O4. The van der Waals surface area contributed by atoms with Gasteiger partial charge in [-0.3, -0.25) is 9.59 Å². The first-order valence-corrected chi connectivity index (χ1v) is 10.1. The number of benzene rings is 2. The van der Waals surface area contributed by atoms with E-state index in [1.807, 2.05) is 36.4 Å². The second kappa shape index (κ2) is 8.80. The number of Topliss-reactive ketones (excluding diaryl/α,β-unsaturated/α-hetero) is 2. The topological polar surface area (TPSA) is 74.6 Å². The third kappa shape index (κ3) is 4.57. The van der Waals surface area contributed by atoms with Gasteiger partial charge in [-0.15, -0.1) is 0 Å². The van der Waals surface area contributed by atoms with Crippen molar-refractivity contribution in [3.63, 3.8) is 0 Å². The van der Waals surface area contributed by atoms with E-state index < -0.39 is 11.2 Å². The standard InChI is InChI=1S/2C12H14O2/c2*13-11(10-6-2-1-3-7-10)12(14)8-4-5-9-12/h2*1-3,6-7,14H,4-5,8-9H2. The first-order chi connectivity index (χ1) is 13.4. The Morgan fingerprint density at radius 3 is 1.14 bits per heavy atom. The van der Waals surface area contributed by atoms with E-state index in [0.717, 1.165) is 25.7 Å². The summed E-state index contributed by atoms with van der Waals surface area (Å²) in [5.41, 5.74) is -0.920. The van der Waals surface area contributed by atoms with E-state index in [0.29, 0.717) is 36.8 Å². The molecule has 0 aliphatic heterocycles. The van der Waals surface area contributed by atoms with Gasteiger partial charge >= 0.3 is 0 Å². The molecule has 148 valence electrons. The van der Waals surface area contributed by atoms with Gasteiger partial charge in [-0.1, -0.05) is 60.7 Å². The van der Waals surface area contributed by atoms with E-state index in [9.17, 15) is 19.8 Å². The molecule has 2 N–H and O–H groups in total. The molecule has 4 nitrogen and oxygen atoms in total. The minimum atomic E-state index is -1.08. The molecule has 0 bridgehead atoms.